The molecule has 1 aromatic carbocycles. The zero-order chi connectivity index (χ0) is 18.2. The summed E-state index contributed by atoms with van der Waals surface area (Å²) in [4.78, 5) is 8.09. The van der Waals surface area contributed by atoms with Gasteiger partial charge in [-0.3, -0.25) is 10.3 Å². The van der Waals surface area contributed by atoms with E-state index in [2.05, 4.69) is 37.2 Å². The quantitative estimate of drug-likeness (QED) is 0.461. The van der Waals surface area contributed by atoms with Crippen molar-refractivity contribution >= 4 is 29.3 Å². The molecule has 0 spiro atoms. The molecule has 0 aromatic heterocycles. The Kier molecular flexibility index (Phi) is 8.31. The fourth-order valence-electron chi connectivity index (χ4n) is 3.01. The molecule has 1 aliphatic rings. The second-order valence-electron chi connectivity index (χ2n) is 6.33. The van der Waals surface area contributed by atoms with E-state index in [9.17, 15) is 0 Å². The SMILES string of the molecule is CCN(CC)CCONC1=C(C)CCCC1=Cc1ccc(Cl)c(Cl)c1. The molecule has 0 bridgehead atoms. The van der Waals surface area contributed by atoms with Crippen LogP contribution in [0.5, 0.6) is 0 Å². The van der Waals surface area contributed by atoms with Crippen molar-refractivity contribution in [2.45, 2.75) is 40.0 Å². The maximum absolute atomic E-state index is 6.14. The van der Waals surface area contributed by atoms with Gasteiger partial charge in [0.25, 0.3) is 0 Å². The largest absolute Gasteiger partial charge is 0.301 e. The van der Waals surface area contributed by atoms with E-state index in [4.69, 9.17) is 28.0 Å². The highest BCUT2D eigenvalue weighted by atomic mass is 35.5. The molecule has 1 N–H and O–H groups in total. The van der Waals surface area contributed by atoms with Gasteiger partial charge in [-0.2, -0.15) is 0 Å². The van der Waals surface area contributed by atoms with Gasteiger partial charge in [0.05, 0.1) is 22.3 Å². The Morgan fingerprint density at radius 1 is 1.16 bits per heavy atom. The Bertz CT molecular complexity index is 637. The molecule has 0 atom stereocenters. The highest BCUT2D eigenvalue weighted by molar-refractivity contribution is 6.42. The summed E-state index contributed by atoms with van der Waals surface area (Å²) < 4.78 is 0. The predicted octanol–water partition coefficient (Wildman–Crippen LogP) is 5.70. The van der Waals surface area contributed by atoms with Gasteiger partial charge < -0.3 is 4.90 Å². The van der Waals surface area contributed by atoms with Gasteiger partial charge >= 0.3 is 0 Å². The van der Waals surface area contributed by atoms with Crippen LogP contribution in [0.4, 0.5) is 0 Å². The maximum atomic E-state index is 6.14. The van der Waals surface area contributed by atoms with Crippen LogP contribution in [0.3, 0.4) is 0 Å². The van der Waals surface area contributed by atoms with Crippen LogP contribution in [0.15, 0.2) is 35.0 Å². The third kappa shape index (κ3) is 6.03. The van der Waals surface area contributed by atoms with E-state index < -0.39 is 0 Å². The van der Waals surface area contributed by atoms with Gasteiger partial charge in [-0.1, -0.05) is 43.1 Å². The smallest absolute Gasteiger partial charge is 0.0873 e. The van der Waals surface area contributed by atoms with Gasteiger partial charge in [0.2, 0.25) is 0 Å². The van der Waals surface area contributed by atoms with Crippen molar-refractivity contribution in [3.63, 3.8) is 0 Å². The van der Waals surface area contributed by atoms with Gasteiger partial charge in [0.15, 0.2) is 0 Å². The van der Waals surface area contributed by atoms with Gasteiger partial charge in [-0.25, -0.2) is 0 Å². The molecule has 0 radical (unpaired) electrons. The Balaban J connectivity index is 2.05. The van der Waals surface area contributed by atoms with Crippen molar-refractivity contribution < 1.29 is 4.84 Å². The molecule has 0 heterocycles. The molecule has 0 unspecified atom stereocenters. The molecular formula is C20H28Cl2N2O. The fourth-order valence-corrected chi connectivity index (χ4v) is 3.31. The minimum Gasteiger partial charge on any atom is -0.301 e. The summed E-state index contributed by atoms with van der Waals surface area (Å²) in [6.07, 6.45) is 5.45. The number of hydrogen-bond acceptors (Lipinski definition) is 3. The Hall–Kier alpha value is -1.000. The van der Waals surface area contributed by atoms with Crippen molar-refractivity contribution in [2.24, 2.45) is 0 Å². The Labute approximate surface area is 161 Å². The van der Waals surface area contributed by atoms with Crippen LogP contribution in [-0.4, -0.2) is 31.1 Å². The number of allylic oxidation sites excluding steroid dienone is 2. The molecule has 0 saturated heterocycles. The molecule has 0 saturated carbocycles. The highest BCUT2D eigenvalue weighted by Crippen LogP contribution is 2.31. The van der Waals surface area contributed by atoms with Crippen LogP contribution in [0.2, 0.25) is 10.0 Å². The first-order chi connectivity index (χ1) is 12.0. The number of hydroxylamine groups is 1. The number of benzene rings is 1. The summed E-state index contributed by atoms with van der Waals surface area (Å²) in [5.41, 5.74) is 7.95. The van der Waals surface area contributed by atoms with Crippen LogP contribution < -0.4 is 5.48 Å². The first-order valence-corrected chi connectivity index (χ1v) is 9.76. The van der Waals surface area contributed by atoms with Gasteiger partial charge in [-0.15, -0.1) is 0 Å². The summed E-state index contributed by atoms with van der Waals surface area (Å²) in [6, 6.07) is 5.73. The van der Waals surface area contributed by atoms with Crippen LogP contribution in [0.1, 0.15) is 45.6 Å². The first kappa shape index (κ1) is 20.3. The maximum Gasteiger partial charge on any atom is 0.0873 e. The molecule has 0 aliphatic heterocycles. The molecule has 5 heteroatoms. The molecule has 3 nitrogen and oxygen atoms in total. The van der Waals surface area contributed by atoms with E-state index in [1.165, 1.54) is 11.1 Å². The lowest BCUT2D eigenvalue weighted by atomic mass is 9.91. The van der Waals surface area contributed by atoms with Crippen molar-refractivity contribution in [1.82, 2.24) is 10.4 Å². The molecule has 1 aliphatic carbocycles. The number of hydrogen-bond donors (Lipinski definition) is 1. The van der Waals surface area contributed by atoms with E-state index in [0.29, 0.717) is 16.7 Å². The van der Waals surface area contributed by atoms with Crippen molar-refractivity contribution in [3.8, 4) is 0 Å². The van der Waals surface area contributed by atoms with Gasteiger partial charge in [-0.05, 0) is 74.2 Å². The zero-order valence-electron chi connectivity index (χ0n) is 15.4. The molecular weight excluding hydrogens is 355 g/mol. The molecule has 0 fully saturated rings. The minimum absolute atomic E-state index is 0.581. The molecule has 25 heavy (non-hydrogen) atoms. The zero-order valence-corrected chi connectivity index (χ0v) is 16.9. The number of likely N-dealkylation sites (N-methyl/N-ethyl adjacent to an activating group) is 1. The van der Waals surface area contributed by atoms with E-state index in [1.807, 2.05) is 18.2 Å². The summed E-state index contributed by atoms with van der Waals surface area (Å²) in [7, 11) is 0. The normalized spacial score (nSPS) is 16.8. The average molecular weight is 383 g/mol. The number of rotatable bonds is 8. The summed E-state index contributed by atoms with van der Waals surface area (Å²) in [5, 5.41) is 1.16. The van der Waals surface area contributed by atoms with Crippen molar-refractivity contribution in [1.29, 1.82) is 0 Å². The van der Waals surface area contributed by atoms with E-state index in [1.54, 1.807) is 0 Å². The molecule has 2 rings (SSSR count). The minimum atomic E-state index is 0.581. The summed E-state index contributed by atoms with van der Waals surface area (Å²) in [5.74, 6) is 0. The second-order valence-corrected chi connectivity index (χ2v) is 7.14. The molecule has 0 amide bonds. The standard InChI is InChI=1S/C20H28Cl2N2O/c1-4-24(5-2)11-12-25-23-20-15(3)7-6-8-17(20)13-16-9-10-18(21)19(22)14-16/h9-10,13-14,23H,4-8,11-12H2,1-3H3. The van der Waals surface area contributed by atoms with Crippen LogP contribution >= 0.6 is 23.2 Å². The number of nitrogens with one attached hydrogen (secondary N) is 1. The predicted molar refractivity (Wildman–Crippen MR) is 108 cm³/mol. The lowest BCUT2D eigenvalue weighted by Crippen LogP contribution is -2.30. The Morgan fingerprint density at radius 3 is 2.60 bits per heavy atom. The molecule has 1 aromatic rings. The second kappa shape index (κ2) is 10.2. The van der Waals surface area contributed by atoms with Crippen molar-refractivity contribution in [3.05, 3.63) is 50.7 Å². The third-order valence-electron chi connectivity index (χ3n) is 4.61. The van der Waals surface area contributed by atoms with E-state index in [-0.39, 0.29) is 0 Å². The monoisotopic (exact) mass is 382 g/mol. The topological polar surface area (TPSA) is 24.5 Å². The van der Waals surface area contributed by atoms with E-state index >= 15 is 0 Å². The van der Waals surface area contributed by atoms with Crippen molar-refractivity contribution in [2.75, 3.05) is 26.2 Å². The Morgan fingerprint density at radius 2 is 1.92 bits per heavy atom. The van der Waals surface area contributed by atoms with Gasteiger partial charge in [0, 0.05) is 6.54 Å². The summed E-state index contributed by atoms with van der Waals surface area (Å²) in [6.45, 7) is 10.2. The fraction of sp³-hybridized carbons (Fsp3) is 0.500. The lowest BCUT2D eigenvalue weighted by Gasteiger charge is -2.23. The number of nitrogens with zero attached hydrogens (tertiary/aromatic N) is 1. The van der Waals surface area contributed by atoms with Crippen LogP contribution in [0.25, 0.3) is 6.08 Å². The average Bonchev–Trinajstić information content (AvgIpc) is 2.60. The van der Waals surface area contributed by atoms with Gasteiger partial charge in [0.1, 0.15) is 0 Å². The van der Waals surface area contributed by atoms with E-state index in [0.717, 1.165) is 50.2 Å². The first-order valence-electron chi connectivity index (χ1n) is 9.01. The van der Waals surface area contributed by atoms with Crippen LogP contribution in [-0.2, 0) is 4.84 Å². The summed E-state index contributed by atoms with van der Waals surface area (Å²) >= 11 is 12.1. The lowest BCUT2D eigenvalue weighted by molar-refractivity contribution is 0.0465. The highest BCUT2D eigenvalue weighted by Gasteiger charge is 2.15. The number of halogens is 2. The third-order valence-corrected chi connectivity index (χ3v) is 5.35. The molecule has 138 valence electrons. The van der Waals surface area contributed by atoms with Crippen LogP contribution in [0, 0.1) is 0 Å².